The van der Waals surface area contributed by atoms with Crippen LogP contribution in [0.25, 0.3) is 16.9 Å². The zero-order chi connectivity index (χ0) is 26.3. The first-order valence-corrected chi connectivity index (χ1v) is 11.6. The molecule has 0 saturated carbocycles. The Kier molecular flexibility index (Phi) is 5.99. The van der Waals surface area contributed by atoms with Crippen LogP contribution >= 0.6 is 39.1 Å². The number of carbonyl (C=O) groups excluding carboxylic acids is 1. The van der Waals surface area contributed by atoms with Crippen molar-refractivity contribution in [2.45, 2.75) is 32.0 Å². The standard InChI is InChI=1S/C23H21BrCl2F2N4O/c1-2-17-20(22(33)30-31-11-9-23(27,28)10-12-31)29-32(19-8-7-16(25)13-18(19)26)21(17)14-3-5-15(24)6-4-14/h3-8,13H,2,9-12H2,1H3,(H,30,33)/i1D3. The maximum Gasteiger partial charge on any atom is 0.286 e. The summed E-state index contributed by atoms with van der Waals surface area (Å²) >= 11 is 15.9. The summed E-state index contributed by atoms with van der Waals surface area (Å²) in [7, 11) is 0. The fourth-order valence-electron chi connectivity index (χ4n) is 3.67. The van der Waals surface area contributed by atoms with Crippen LogP contribution in [0.4, 0.5) is 8.78 Å². The normalized spacial score (nSPS) is 17.8. The van der Waals surface area contributed by atoms with Gasteiger partial charge in [-0.15, -0.1) is 0 Å². The van der Waals surface area contributed by atoms with E-state index in [1.807, 2.05) is 0 Å². The van der Waals surface area contributed by atoms with Crippen molar-refractivity contribution in [1.29, 1.82) is 0 Å². The molecule has 0 bridgehead atoms. The van der Waals surface area contributed by atoms with Crippen molar-refractivity contribution >= 4 is 45.0 Å². The lowest BCUT2D eigenvalue weighted by atomic mass is 10.0. The van der Waals surface area contributed by atoms with E-state index in [4.69, 9.17) is 27.3 Å². The van der Waals surface area contributed by atoms with Gasteiger partial charge in [-0.3, -0.25) is 10.2 Å². The lowest BCUT2D eigenvalue weighted by molar-refractivity contribution is -0.0631. The second kappa shape index (κ2) is 9.70. The number of hydrogen-bond acceptors (Lipinski definition) is 3. The highest BCUT2D eigenvalue weighted by Crippen LogP contribution is 2.34. The fourth-order valence-corrected chi connectivity index (χ4v) is 4.43. The zero-order valence-corrected chi connectivity index (χ0v) is 20.3. The Morgan fingerprint density at radius 2 is 1.91 bits per heavy atom. The second-order valence-corrected chi connectivity index (χ2v) is 9.41. The van der Waals surface area contributed by atoms with Crippen molar-refractivity contribution in [3.63, 3.8) is 0 Å². The minimum atomic E-state index is -2.78. The minimum Gasteiger partial charge on any atom is -0.283 e. The number of piperidine rings is 1. The summed E-state index contributed by atoms with van der Waals surface area (Å²) in [6.45, 7) is -2.52. The molecule has 33 heavy (non-hydrogen) atoms. The van der Waals surface area contributed by atoms with Gasteiger partial charge in [-0.25, -0.2) is 18.5 Å². The smallest absolute Gasteiger partial charge is 0.283 e. The van der Waals surface area contributed by atoms with Crippen LogP contribution in [-0.4, -0.2) is 39.7 Å². The van der Waals surface area contributed by atoms with Gasteiger partial charge in [0.15, 0.2) is 5.69 Å². The van der Waals surface area contributed by atoms with Gasteiger partial charge in [0.2, 0.25) is 0 Å². The predicted molar refractivity (Wildman–Crippen MR) is 129 cm³/mol. The minimum absolute atomic E-state index is 0.0450. The SMILES string of the molecule is [2H]C([2H])([2H])Cc1c(C(=O)NN2CCC(F)(F)CC2)nn(-c2ccc(Cl)cc2Cl)c1-c1ccc(Br)cc1. The molecule has 1 fully saturated rings. The molecule has 1 amide bonds. The number of benzene rings is 2. The molecule has 4 rings (SSSR count). The molecule has 1 aromatic heterocycles. The molecule has 1 aliphatic rings. The van der Waals surface area contributed by atoms with E-state index in [1.165, 1.54) is 15.8 Å². The van der Waals surface area contributed by atoms with Crippen molar-refractivity contribution in [3.05, 3.63) is 68.2 Å². The highest BCUT2D eigenvalue weighted by molar-refractivity contribution is 9.10. The number of amides is 1. The number of alkyl halides is 2. The van der Waals surface area contributed by atoms with Gasteiger partial charge in [0.25, 0.3) is 11.8 Å². The topological polar surface area (TPSA) is 50.2 Å². The van der Waals surface area contributed by atoms with Gasteiger partial charge < -0.3 is 0 Å². The number of halogens is 5. The van der Waals surface area contributed by atoms with Gasteiger partial charge in [-0.05, 0) is 36.8 Å². The van der Waals surface area contributed by atoms with Gasteiger partial charge in [0.05, 0.1) is 16.4 Å². The van der Waals surface area contributed by atoms with Gasteiger partial charge in [-0.1, -0.05) is 58.1 Å². The van der Waals surface area contributed by atoms with Crippen molar-refractivity contribution in [1.82, 2.24) is 20.2 Å². The molecule has 10 heteroatoms. The lowest BCUT2D eigenvalue weighted by Gasteiger charge is -2.31. The summed E-state index contributed by atoms with van der Waals surface area (Å²) in [5.74, 6) is -3.48. The Balaban J connectivity index is 1.85. The highest BCUT2D eigenvalue weighted by Gasteiger charge is 2.35. The van der Waals surface area contributed by atoms with E-state index in [-0.39, 0.29) is 29.4 Å². The quantitative estimate of drug-likeness (QED) is 0.385. The molecule has 3 aromatic rings. The monoisotopic (exact) mass is 559 g/mol. The number of rotatable bonds is 5. The van der Waals surface area contributed by atoms with Crippen LogP contribution < -0.4 is 5.43 Å². The third-order valence-electron chi connectivity index (χ3n) is 5.39. The Morgan fingerprint density at radius 3 is 2.55 bits per heavy atom. The van der Waals surface area contributed by atoms with E-state index in [0.717, 1.165) is 4.47 Å². The van der Waals surface area contributed by atoms with Crippen LogP contribution in [0.3, 0.4) is 0 Å². The molecule has 1 saturated heterocycles. The summed E-state index contributed by atoms with van der Waals surface area (Å²) in [6.07, 6.45) is -1.24. The van der Waals surface area contributed by atoms with Crippen LogP contribution in [0.5, 0.6) is 0 Å². The first kappa shape index (κ1) is 20.4. The van der Waals surface area contributed by atoms with E-state index in [0.29, 0.717) is 22.0 Å². The Labute approximate surface area is 213 Å². The third kappa shape index (κ3) is 5.24. The molecule has 0 radical (unpaired) electrons. The van der Waals surface area contributed by atoms with E-state index in [1.54, 1.807) is 36.4 Å². The first-order chi connectivity index (χ1) is 16.8. The molecule has 1 N–H and O–H groups in total. The fraction of sp³-hybridized carbons (Fsp3) is 0.304. The largest absolute Gasteiger partial charge is 0.286 e. The summed E-state index contributed by atoms with van der Waals surface area (Å²) in [4.78, 5) is 13.3. The van der Waals surface area contributed by atoms with E-state index in [9.17, 15) is 13.6 Å². The number of hydrogen-bond donors (Lipinski definition) is 1. The van der Waals surface area contributed by atoms with Crippen molar-refractivity contribution in [3.8, 4) is 16.9 Å². The van der Waals surface area contributed by atoms with E-state index >= 15 is 0 Å². The number of nitrogens with zero attached hydrogens (tertiary/aromatic N) is 3. The summed E-state index contributed by atoms with van der Waals surface area (Å²) in [5.41, 5.74) is 4.04. The Hall–Kier alpha value is -2.00. The first-order valence-electron chi connectivity index (χ1n) is 11.6. The molecule has 0 spiro atoms. The number of nitrogens with one attached hydrogen (secondary N) is 1. The zero-order valence-electron chi connectivity index (χ0n) is 20.2. The maximum atomic E-state index is 13.6. The second-order valence-electron chi connectivity index (χ2n) is 7.65. The summed E-state index contributed by atoms with van der Waals surface area (Å²) in [6, 6.07) is 11.8. The number of aromatic nitrogens is 2. The molecule has 2 aromatic carbocycles. The lowest BCUT2D eigenvalue weighted by Crippen LogP contribution is -2.49. The van der Waals surface area contributed by atoms with E-state index < -0.39 is 37.9 Å². The maximum absolute atomic E-state index is 13.6. The summed E-state index contributed by atoms with van der Waals surface area (Å²) < 4.78 is 53.1. The molecule has 0 atom stereocenters. The van der Waals surface area contributed by atoms with Crippen LogP contribution in [-0.2, 0) is 6.42 Å². The number of carbonyl (C=O) groups is 1. The molecule has 174 valence electrons. The van der Waals surface area contributed by atoms with Crippen LogP contribution in [0.1, 0.15) is 39.9 Å². The van der Waals surface area contributed by atoms with Crippen molar-refractivity contribution < 1.29 is 17.7 Å². The molecule has 5 nitrogen and oxygen atoms in total. The summed E-state index contributed by atoms with van der Waals surface area (Å²) in [5, 5.41) is 6.52. The molecule has 0 unspecified atom stereocenters. The predicted octanol–water partition coefficient (Wildman–Crippen LogP) is 6.55. The molecular weight excluding hydrogens is 537 g/mol. The average Bonchev–Trinajstić information content (AvgIpc) is 3.13. The van der Waals surface area contributed by atoms with Crippen LogP contribution in [0.15, 0.2) is 46.9 Å². The van der Waals surface area contributed by atoms with Crippen molar-refractivity contribution in [2.75, 3.05) is 13.1 Å². The van der Waals surface area contributed by atoms with Crippen molar-refractivity contribution in [2.24, 2.45) is 0 Å². The Morgan fingerprint density at radius 1 is 1.21 bits per heavy atom. The molecule has 1 aliphatic heterocycles. The average molecular weight is 561 g/mol. The van der Waals surface area contributed by atoms with E-state index in [2.05, 4.69) is 26.5 Å². The molecule has 0 aliphatic carbocycles. The highest BCUT2D eigenvalue weighted by atomic mass is 79.9. The molecule has 2 heterocycles. The van der Waals surface area contributed by atoms with Gasteiger partial charge >= 0.3 is 0 Å². The Bertz CT molecular complexity index is 1280. The van der Waals surface area contributed by atoms with Gasteiger partial charge in [0.1, 0.15) is 0 Å². The molecular formula is C23H21BrCl2F2N4O. The number of hydrazine groups is 1. The van der Waals surface area contributed by atoms with Crippen LogP contribution in [0.2, 0.25) is 10.0 Å². The van der Waals surface area contributed by atoms with Gasteiger partial charge in [0, 0.05) is 50.7 Å². The third-order valence-corrected chi connectivity index (χ3v) is 6.45. The van der Waals surface area contributed by atoms with Crippen LogP contribution in [0, 0.1) is 0 Å². The van der Waals surface area contributed by atoms with Gasteiger partial charge in [-0.2, -0.15) is 5.10 Å².